The van der Waals surface area contributed by atoms with E-state index in [1.54, 1.807) is 4.90 Å². The highest BCUT2D eigenvalue weighted by molar-refractivity contribution is 5.95. The second-order valence-electron chi connectivity index (χ2n) is 10.2. The number of nitriles is 1. The van der Waals surface area contributed by atoms with E-state index in [2.05, 4.69) is 10.6 Å². The lowest BCUT2D eigenvalue weighted by Crippen LogP contribution is -2.42. The van der Waals surface area contributed by atoms with Crippen molar-refractivity contribution in [2.75, 3.05) is 12.0 Å². The molecule has 1 aliphatic carbocycles. The quantitative estimate of drug-likeness (QED) is 0.488. The molecule has 1 amide bonds. The van der Waals surface area contributed by atoms with Crippen LogP contribution >= 0.6 is 0 Å². The third kappa shape index (κ3) is 4.55. The summed E-state index contributed by atoms with van der Waals surface area (Å²) in [5, 5.41) is 19.8. The number of carbonyl (C=O) groups excluding carboxylic acids is 1. The van der Waals surface area contributed by atoms with Gasteiger partial charge in [-0.15, -0.1) is 0 Å². The van der Waals surface area contributed by atoms with Crippen molar-refractivity contribution in [3.63, 3.8) is 0 Å². The molecular weight excluding hydrogens is 468 g/mol. The van der Waals surface area contributed by atoms with Gasteiger partial charge in [-0.05, 0) is 56.7 Å². The first-order valence-electron chi connectivity index (χ1n) is 13.0. The average molecular weight is 501 g/mol. The van der Waals surface area contributed by atoms with Crippen molar-refractivity contribution in [1.82, 2.24) is 9.55 Å². The van der Waals surface area contributed by atoms with Crippen LogP contribution in [-0.4, -0.2) is 39.9 Å². The Balaban J connectivity index is 1.66. The van der Waals surface area contributed by atoms with Crippen LogP contribution in [0.1, 0.15) is 67.9 Å². The minimum Gasteiger partial charge on any atom is -0.481 e. The minimum absolute atomic E-state index is 0.00292. The minimum atomic E-state index is -0.893. The predicted octanol–water partition coefficient (Wildman–Crippen LogP) is 5.61. The van der Waals surface area contributed by atoms with Crippen molar-refractivity contribution in [3.05, 3.63) is 59.4 Å². The number of hydrogen-bond donors (Lipinski definition) is 1. The van der Waals surface area contributed by atoms with E-state index in [4.69, 9.17) is 9.72 Å². The zero-order valence-corrected chi connectivity index (χ0v) is 21.3. The summed E-state index contributed by atoms with van der Waals surface area (Å²) in [6, 6.07) is 15.7. The standard InChI is InChI=1S/C29H32N4O4/c1-18-11-12-22-24(32(18)29(36)37-2)13-14-25-27(22)31-26(33(25)21-10-6-7-19(15-21)17-30)16-23(28(34)35)20-8-4-3-5-9-20/h3-5,8-9,13-14,18-19,21,23H,6-7,10-12,15-16H2,1-2H3,(H,34,35)/t18-,19+,21-,23+/m0/s1. The maximum absolute atomic E-state index is 12.6. The molecule has 0 spiro atoms. The maximum Gasteiger partial charge on any atom is 0.414 e. The highest BCUT2D eigenvalue weighted by Crippen LogP contribution is 2.41. The number of fused-ring (bicyclic) bond motifs is 3. The number of carbonyl (C=O) groups is 2. The summed E-state index contributed by atoms with van der Waals surface area (Å²) in [5.41, 5.74) is 4.27. The summed E-state index contributed by atoms with van der Waals surface area (Å²) in [6.07, 6.45) is 4.87. The molecule has 1 N–H and O–H groups in total. The number of carboxylic acids is 1. The van der Waals surface area contributed by atoms with Gasteiger partial charge in [-0.1, -0.05) is 36.8 Å². The van der Waals surface area contributed by atoms with Crippen molar-refractivity contribution in [3.8, 4) is 6.07 Å². The Morgan fingerprint density at radius 3 is 2.68 bits per heavy atom. The summed E-state index contributed by atoms with van der Waals surface area (Å²) in [4.78, 5) is 31.8. The third-order valence-electron chi connectivity index (χ3n) is 7.98. The van der Waals surface area contributed by atoms with Crippen molar-refractivity contribution in [2.24, 2.45) is 5.92 Å². The molecule has 2 heterocycles. The zero-order valence-electron chi connectivity index (χ0n) is 21.3. The normalized spacial score (nSPS) is 22.2. The van der Waals surface area contributed by atoms with Crippen molar-refractivity contribution in [2.45, 2.75) is 69.9 Å². The van der Waals surface area contributed by atoms with Crippen LogP contribution in [0.4, 0.5) is 10.5 Å². The van der Waals surface area contributed by atoms with E-state index in [9.17, 15) is 20.0 Å². The highest BCUT2D eigenvalue weighted by atomic mass is 16.5. The van der Waals surface area contributed by atoms with Gasteiger partial charge in [0.2, 0.25) is 0 Å². The number of hydrogen-bond acceptors (Lipinski definition) is 5. The summed E-state index contributed by atoms with van der Waals surface area (Å²) in [7, 11) is 1.39. The summed E-state index contributed by atoms with van der Waals surface area (Å²) < 4.78 is 7.26. The molecule has 0 unspecified atom stereocenters. The van der Waals surface area contributed by atoms with Crippen molar-refractivity contribution < 1.29 is 19.4 Å². The van der Waals surface area contributed by atoms with E-state index in [-0.39, 0.29) is 24.4 Å². The molecule has 3 aromatic rings. The van der Waals surface area contributed by atoms with Gasteiger partial charge in [0.15, 0.2) is 0 Å². The number of ether oxygens (including phenoxy) is 1. The number of aliphatic carboxylic acids is 1. The molecule has 1 saturated carbocycles. The molecule has 8 heteroatoms. The molecular formula is C29H32N4O4. The van der Waals surface area contributed by atoms with Crippen LogP contribution in [0, 0.1) is 17.2 Å². The monoisotopic (exact) mass is 500 g/mol. The van der Waals surface area contributed by atoms with E-state index in [1.165, 1.54) is 7.11 Å². The molecule has 1 aromatic heterocycles. The number of anilines is 1. The number of nitrogens with zero attached hydrogens (tertiary/aromatic N) is 4. The van der Waals surface area contributed by atoms with Gasteiger partial charge in [0.1, 0.15) is 5.82 Å². The molecule has 2 aliphatic rings. The Labute approximate surface area is 216 Å². The number of aryl methyl sites for hydroxylation is 1. The maximum atomic E-state index is 12.6. The summed E-state index contributed by atoms with van der Waals surface area (Å²) in [6.45, 7) is 2.01. The Kier molecular flexibility index (Phi) is 6.88. The van der Waals surface area contributed by atoms with Crippen LogP contribution in [0.5, 0.6) is 0 Å². The molecule has 37 heavy (non-hydrogen) atoms. The molecule has 192 valence electrons. The number of benzene rings is 2. The Hall–Kier alpha value is -3.86. The van der Waals surface area contributed by atoms with Crippen LogP contribution in [0.15, 0.2) is 42.5 Å². The van der Waals surface area contributed by atoms with Crippen LogP contribution in [0.3, 0.4) is 0 Å². The third-order valence-corrected chi connectivity index (χ3v) is 7.98. The Morgan fingerprint density at radius 2 is 1.97 bits per heavy atom. The second kappa shape index (κ2) is 10.3. The summed E-state index contributed by atoms with van der Waals surface area (Å²) in [5.74, 6) is -0.946. The first-order chi connectivity index (χ1) is 17.9. The van der Waals surface area contributed by atoms with Crippen molar-refractivity contribution in [1.29, 1.82) is 5.26 Å². The van der Waals surface area contributed by atoms with Crippen LogP contribution in [-0.2, 0) is 22.4 Å². The first-order valence-corrected chi connectivity index (χ1v) is 13.0. The topological polar surface area (TPSA) is 108 Å². The molecule has 0 radical (unpaired) electrons. The van der Waals surface area contributed by atoms with E-state index in [0.717, 1.165) is 66.4 Å². The fourth-order valence-corrected chi connectivity index (χ4v) is 6.11. The lowest BCUT2D eigenvalue weighted by Gasteiger charge is -2.34. The number of aromatic nitrogens is 2. The van der Waals surface area contributed by atoms with Gasteiger partial charge in [-0.2, -0.15) is 5.26 Å². The van der Waals surface area contributed by atoms with Crippen LogP contribution < -0.4 is 4.90 Å². The number of imidazole rings is 1. The molecule has 5 rings (SSSR count). The van der Waals surface area contributed by atoms with E-state index in [1.807, 2.05) is 49.4 Å². The lowest BCUT2D eigenvalue weighted by atomic mass is 9.86. The fraction of sp³-hybridized carbons (Fsp3) is 0.448. The van der Waals surface area contributed by atoms with Gasteiger partial charge in [-0.25, -0.2) is 9.78 Å². The number of amides is 1. The van der Waals surface area contributed by atoms with Gasteiger partial charge in [-0.3, -0.25) is 9.69 Å². The van der Waals surface area contributed by atoms with E-state index in [0.29, 0.717) is 5.82 Å². The number of methoxy groups -OCH3 is 1. The van der Waals surface area contributed by atoms with Crippen molar-refractivity contribution >= 4 is 28.8 Å². The summed E-state index contributed by atoms with van der Waals surface area (Å²) >= 11 is 0. The zero-order chi connectivity index (χ0) is 26.1. The van der Waals surface area contributed by atoms with Gasteiger partial charge in [0, 0.05) is 30.0 Å². The Morgan fingerprint density at radius 1 is 1.19 bits per heavy atom. The average Bonchev–Trinajstić information content (AvgIpc) is 3.30. The Bertz CT molecular complexity index is 1360. The largest absolute Gasteiger partial charge is 0.481 e. The smallest absolute Gasteiger partial charge is 0.414 e. The molecule has 8 nitrogen and oxygen atoms in total. The number of rotatable bonds is 5. The molecule has 2 aromatic carbocycles. The molecule has 1 fully saturated rings. The molecule has 0 bridgehead atoms. The van der Waals surface area contributed by atoms with Gasteiger partial charge < -0.3 is 14.4 Å². The number of carboxylic acid groups (broad SMARTS) is 1. The van der Waals surface area contributed by atoms with Crippen LogP contribution in [0.2, 0.25) is 0 Å². The van der Waals surface area contributed by atoms with E-state index < -0.39 is 18.0 Å². The second-order valence-corrected chi connectivity index (χ2v) is 10.2. The molecule has 1 aliphatic heterocycles. The van der Waals surface area contributed by atoms with Gasteiger partial charge in [0.25, 0.3) is 0 Å². The van der Waals surface area contributed by atoms with Gasteiger partial charge >= 0.3 is 12.1 Å². The van der Waals surface area contributed by atoms with Crippen LogP contribution in [0.25, 0.3) is 11.0 Å². The SMILES string of the molecule is COC(=O)N1c2ccc3c(nc(C[C@@H](C(=O)O)c4ccccc4)n3[C@H]3CCC[C@@H](C#N)C3)c2CC[C@@H]1C. The molecule has 4 atom stereocenters. The lowest BCUT2D eigenvalue weighted by molar-refractivity contribution is -0.138. The first kappa shape index (κ1) is 24.8. The fourth-order valence-electron chi connectivity index (χ4n) is 6.11. The predicted molar refractivity (Wildman–Crippen MR) is 140 cm³/mol. The van der Waals surface area contributed by atoms with Gasteiger partial charge in [0.05, 0.1) is 35.8 Å². The van der Waals surface area contributed by atoms with E-state index >= 15 is 0 Å². The highest BCUT2D eigenvalue weighted by Gasteiger charge is 2.34. The molecule has 0 saturated heterocycles.